The van der Waals surface area contributed by atoms with Crippen molar-refractivity contribution in [3.63, 3.8) is 0 Å². The summed E-state index contributed by atoms with van der Waals surface area (Å²) in [6.45, 7) is 28.3. The van der Waals surface area contributed by atoms with E-state index < -0.39 is 16.6 Å². The molecule has 3 nitrogen and oxygen atoms in total. The van der Waals surface area contributed by atoms with Gasteiger partial charge in [0.25, 0.3) is 0 Å². The van der Waals surface area contributed by atoms with Gasteiger partial charge in [0.15, 0.2) is 8.32 Å². The van der Waals surface area contributed by atoms with E-state index in [2.05, 4.69) is 87.7 Å². The van der Waals surface area contributed by atoms with E-state index in [4.69, 9.17) is 13.3 Å². The molecule has 174 valence electrons. The number of aryl methyl sites for hydroxylation is 1. The number of hydrogen-bond donors (Lipinski definition) is 0. The van der Waals surface area contributed by atoms with Crippen LogP contribution in [0.1, 0.15) is 73.8 Å². The van der Waals surface area contributed by atoms with Crippen LogP contribution in [0.25, 0.3) is 0 Å². The fourth-order valence-corrected chi connectivity index (χ4v) is 4.88. The minimum atomic E-state index is -1.93. The van der Waals surface area contributed by atoms with Crippen LogP contribution in [0.2, 0.25) is 36.3 Å². The van der Waals surface area contributed by atoms with Gasteiger partial charge in [-0.15, -0.1) is 0 Å². The lowest BCUT2D eigenvalue weighted by Gasteiger charge is -2.43. The number of hydrogen-bond acceptors (Lipinski definition) is 3. The van der Waals surface area contributed by atoms with Gasteiger partial charge < -0.3 is 13.3 Å². The lowest BCUT2D eigenvalue weighted by Crippen LogP contribution is -2.45. The second kappa shape index (κ2) is 9.78. The van der Waals surface area contributed by atoms with Crippen LogP contribution in [-0.2, 0) is 15.3 Å². The fourth-order valence-electron chi connectivity index (χ4n) is 2.51. The van der Waals surface area contributed by atoms with Gasteiger partial charge in [0.05, 0.1) is 18.3 Å². The van der Waals surface area contributed by atoms with Crippen LogP contribution in [0.15, 0.2) is 34.8 Å². The van der Waals surface area contributed by atoms with Crippen molar-refractivity contribution in [3.05, 3.63) is 36.0 Å². The van der Waals surface area contributed by atoms with Crippen LogP contribution in [0.4, 0.5) is 0 Å². The van der Waals surface area contributed by atoms with Gasteiger partial charge in [-0.25, -0.2) is 0 Å². The second-order valence-electron chi connectivity index (χ2n) is 12.4. The van der Waals surface area contributed by atoms with Crippen LogP contribution >= 0.6 is 0 Å². The predicted octanol–water partition coefficient (Wildman–Crippen LogP) is 8.56. The third kappa shape index (κ3) is 7.72. The molecule has 1 rings (SSSR count). The molecule has 0 amide bonds. The van der Waals surface area contributed by atoms with Gasteiger partial charge in [0.2, 0.25) is 8.32 Å². The molecule has 0 fully saturated rings. The van der Waals surface area contributed by atoms with Crippen molar-refractivity contribution in [3.8, 4) is 0 Å². The van der Waals surface area contributed by atoms with Crippen LogP contribution in [0.3, 0.4) is 0 Å². The molecule has 1 heterocycles. The molecule has 0 bridgehead atoms. The van der Waals surface area contributed by atoms with Crippen molar-refractivity contribution in [2.45, 2.75) is 111 Å². The minimum Gasteiger partial charge on any atom is -0.546 e. The molecule has 0 atom stereocenters. The maximum atomic E-state index is 6.87. The van der Waals surface area contributed by atoms with Crippen molar-refractivity contribution in [2.24, 2.45) is 5.41 Å². The highest BCUT2D eigenvalue weighted by Crippen LogP contribution is 2.43. The highest BCUT2D eigenvalue weighted by atomic mass is 28.4. The van der Waals surface area contributed by atoms with E-state index in [9.17, 15) is 0 Å². The lowest BCUT2D eigenvalue weighted by molar-refractivity contribution is 0.148. The van der Waals surface area contributed by atoms with E-state index in [1.807, 2.05) is 12.3 Å². The third-order valence-corrected chi connectivity index (χ3v) is 15.8. The number of rotatable bonds is 10. The maximum Gasteiger partial charge on any atom is 0.250 e. The Kier molecular flexibility index (Phi) is 8.89. The summed E-state index contributed by atoms with van der Waals surface area (Å²) >= 11 is 0. The van der Waals surface area contributed by atoms with E-state index in [1.54, 1.807) is 6.26 Å². The Balaban J connectivity index is 3.00. The van der Waals surface area contributed by atoms with Gasteiger partial charge in [-0.3, -0.25) is 0 Å². The molecule has 0 unspecified atom stereocenters. The zero-order chi connectivity index (χ0) is 23.4. The van der Waals surface area contributed by atoms with Crippen molar-refractivity contribution in [1.82, 2.24) is 0 Å². The van der Waals surface area contributed by atoms with E-state index in [0.717, 1.165) is 25.0 Å². The molecular formula is C25H48O3Si2. The Labute approximate surface area is 188 Å². The Morgan fingerprint density at radius 3 is 1.97 bits per heavy atom. The summed E-state index contributed by atoms with van der Waals surface area (Å²) in [4.78, 5) is 0. The molecule has 1 aromatic rings. The first-order chi connectivity index (χ1) is 13.4. The average molecular weight is 453 g/mol. The summed E-state index contributed by atoms with van der Waals surface area (Å²) in [5.41, 5.74) is 1.11. The predicted molar refractivity (Wildman–Crippen MR) is 135 cm³/mol. The van der Waals surface area contributed by atoms with Gasteiger partial charge >= 0.3 is 0 Å². The molecule has 1 aromatic heterocycles. The molecule has 0 saturated heterocycles. The maximum absolute atomic E-state index is 6.87. The molecule has 0 aliphatic rings. The Morgan fingerprint density at radius 1 is 0.933 bits per heavy atom. The monoisotopic (exact) mass is 452 g/mol. The van der Waals surface area contributed by atoms with Gasteiger partial charge in [-0.05, 0) is 73.2 Å². The summed E-state index contributed by atoms with van der Waals surface area (Å²) in [5.74, 6) is 1.11. The second-order valence-corrected chi connectivity index (χ2v) is 21.9. The lowest BCUT2D eigenvalue weighted by atomic mass is 9.91. The number of unbranched alkanes of at least 4 members (excludes halogenated alkanes) is 1. The summed E-state index contributed by atoms with van der Waals surface area (Å²) in [5, 5.41) is 0.372. The number of furan rings is 1. The van der Waals surface area contributed by atoms with Crippen LogP contribution in [0, 0.1) is 5.41 Å². The van der Waals surface area contributed by atoms with E-state index in [-0.39, 0.29) is 15.5 Å². The quantitative estimate of drug-likeness (QED) is 0.202. The molecule has 0 radical (unpaired) electrons. The average Bonchev–Trinajstić information content (AvgIpc) is 3.07. The Morgan fingerprint density at radius 2 is 1.50 bits per heavy atom. The largest absolute Gasteiger partial charge is 0.546 e. The molecule has 0 aliphatic heterocycles. The minimum absolute atomic E-state index is 0.152. The highest BCUT2D eigenvalue weighted by Gasteiger charge is 2.43. The Bertz CT molecular complexity index is 672. The summed E-state index contributed by atoms with van der Waals surface area (Å²) < 4.78 is 18.7. The summed E-state index contributed by atoms with van der Waals surface area (Å²) in [6.07, 6.45) is 9.03. The standard InChI is InChI=1S/C25H48O3Si2/c1-23(2,3)29(9,10)27-20-25(7,8)22(28-30(11,12)24(4,5)6)16-14-13-15-21-17-18-26-19-21/h16-19H,13-15,20H2,1-12H3/b22-16-. The van der Waals surface area contributed by atoms with Crippen molar-refractivity contribution >= 4 is 16.6 Å². The topological polar surface area (TPSA) is 31.6 Å². The van der Waals surface area contributed by atoms with Crippen LogP contribution < -0.4 is 0 Å². The fraction of sp³-hybridized carbons (Fsp3) is 0.760. The summed E-state index contributed by atoms with van der Waals surface area (Å²) in [7, 11) is -3.74. The first kappa shape index (κ1) is 27.2. The molecule has 0 aliphatic carbocycles. The van der Waals surface area contributed by atoms with Crippen LogP contribution in [0.5, 0.6) is 0 Å². The molecule has 0 saturated carbocycles. The number of allylic oxidation sites excluding steroid dienone is 1. The first-order valence-corrected chi connectivity index (χ1v) is 17.3. The van der Waals surface area contributed by atoms with Crippen molar-refractivity contribution in [2.75, 3.05) is 6.61 Å². The highest BCUT2D eigenvalue weighted by molar-refractivity contribution is 6.74. The van der Waals surface area contributed by atoms with Crippen LogP contribution in [-0.4, -0.2) is 23.2 Å². The van der Waals surface area contributed by atoms with E-state index >= 15 is 0 Å². The zero-order valence-corrected chi connectivity index (χ0v) is 23.9. The van der Waals surface area contributed by atoms with E-state index in [1.165, 1.54) is 5.56 Å². The first-order valence-electron chi connectivity index (χ1n) is 11.4. The molecule has 0 N–H and O–H groups in total. The molecular weight excluding hydrogens is 404 g/mol. The smallest absolute Gasteiger partial charge is 0.250 e. The molecule has 0 aromatic carbocycles. The van der Waals surface area contributed by atoms with Crippen molar-refractivity contribution in [1.29, 1.82) is 0 Å². The molecule has 30 heavy (non-hydrogen) atoms. The SMILES string of the molecule is CC(C)(CO[Si](C)(C)C(C)(C)C)/C(=C/CCCc1ccoc1)O[Si](C)(C)C(C)(C)C. The zero-order valence-electron chi connectivity index (χ0n) is 21.9. The summed E-state index contributed by atoms with van der Waals surface area (Å²) in [6, 6.07) is 2.05. The third-order valence-electron chi connectivity index (χ3n) is 7.02. The van der Waals surface area contributed by atoms with Gasteiger partial charge in [0.1, 0.15) is 0 Å². The molecule has 0 spiro atoms. The van der Waals surface area contributed by atoms with Gasteiger partial charge in [-0.2, -0.15) is 0 Å². The van der Waals surface area contributed by atoms with E-state index in [0.29, 0.717) is 6.61 Å². The van der Waals surface area contributed by atoms with Crippen molar-refractivity contribution < 1.29 is 13.3 Å². The van der Waals surface area contributed by atoms with Gasteiger partial charge in [0, 0.05) is 12.0 Å². The Hall–Kier alpha value is -0.786. The molecule has 5 heteroatoms. The normalized spacial score (nSPS) is 14.9. The van der Waals surface area contributed by atoms with Gasteiger partial charge in [-0.1, -0.05) is 55.4 Å².